The summed E-state index contributed by atoms with van der Waals surface area (Å²) in [5.41, 5.74) is 2.91. The van der Waals surface area contributed by atoms with Crippen molar-refractivity contribution in [2.75, 3.05) is 19.1 Å². The Morgan fingerprint density at radius 3 is 1.79 bits per heavy atom. The third-order valence-electron chi connectivity index (χ3n) is 4.54. The highest BCUT2D eigenvalue weighted by atomic mass is 16.5. The summed E-state index contributed by atoms with van der Waals surface area (Å²) in [6, 6.07) is 19.5. The van der Waals surface area contributed by atoms with E-state index in [9.17, 15) is 4.79 Å². The molecular formula is C23H24N2O3. The number of hydrogen-bond acceptors (Lipinski definition) is 5. The molecule has 0 bridgehead atoms. The van der Waals surface area contributed by atoms with Gasteiger partial charge in [-0.15, -0.1) is 0 Å². The molecule has 0 radical (unpaired) electrons. The number of ketones is 1. The Morgan fingerprint density at radius 1 is 0.857 bits per heavy atom. The first-order chi connectivity index (χ1) is 13.6. The van der Waals surface area contributed by atoms with E-state index in [1.165, 1.54) is 0 Å². The summed E-state index contributed by atoms with van der Waals surface area (Å²) in [5, 5.41) is 0. The highest BCUT2D eigenvalue weighted by Gasteiger charge is 2.12. The number of carbonyl (C=O) groups is 1. The van der Waals surface area contributed by atoms with Gasteiger partial charge in [-0.2, -0.15) is 0 Å². The SMILES string of the molecule is COc1ccc(CN(Cc2ccc(OC)cc2)c2cc(C(C)=O)ccn2)cc1. The van der Waals surface area contributed by atoms with Crippen LogP contribution in [0.4, 0.5) is 5.82 Å². The van der Waals surface area contributed by atoms with E-state index in [-0.39, 0.29) is 5.78 Å². The number of methoxy groups -OCH3 is 2. The molecule has 5 nitrogen and oxygen atoms in total. The zero-order chi connectivity index (χ0) is 19.9. The largest absolute Gasteiger partial charge is 0.497 e. The van der Waals surface area contributed by atoms with E-state index in [2.05, 4.69) is 9.88 Å². The van der Waals surface area contributed by atoms with Gasteiger partial charge in [0.2, 0.25) is 0 Å². The van der Waals surface area contributed by atoms with Gasteiger partial charge in [-0.1, -0.05) is 24.3 Å². The van der Waals surface area contributed by atoms with Crippen LogP contribution in [-0.4, -0.2) is 25.0 Å². The van der Waals surface area contributed by atoms with Crippen molar-refractivity contribution in [2.45, 2.75) is 20.0 Å². The fourth-order valence-electron chi connectivity index (χ4n) is 2.93. The van der Waals surface area contributed by atoms with E-state index in [1.54, 1.807) is 33.4 Å². The van der Waals surface area contributed by atoms with Gasteiger partial charge in [0.25, 0.3) is 0 Å². The van der Waals surface area contributed by atoms with Gasteiger partial charge in [-0.25, -0.2) is 4.98 Å². The lowest BCUT2D eigenvalue weighted by Crippen LogP contribution is -2.23. The molecule has 3 rings (SSSR count). The van der Waals surface area contributed by atoms with E-state index in [4.69, 9.17) is 9.47 Å². The van der Waals surface area contributed by atoms with Gasteiger partial charge < -0.3 is 14.4 Å². The van der Waals surface area contributed by atoms with Crippen molar-refractivity contribution in [3.05, 3.63) is 83.6 Å². The molecule has 0 aliphatic carbocycles. The van der Waals surface area contributed by atoms with Crippen molar-refractivity contribution < 1.29 is 14.3 Å². The van der Waals surface area contributed by atoms with Gasteiger partial charge in [0.15, 0.2) is 5.78 Å². The van der Waals surface area contributed by atoms with Crippen LogP contribution in [0.15, 0.2) is 66.9 Å². The van der Waals surface area contributed by atoms with Crippen LogP contribution >= 0.6 is 0 Å². The fraction of sp³-hybridized carbons (Fsp3) is 0.217. The normalized spacial score (nSPS) is 10.4. The fourth-order valence-corrected chi connectivity index (χ4v) is 2.93. The molecule has 0 unspecified atom stereocenters. The molecule has 0 N–H and O–H groups in total. The third-order valence-corrected chi connectivity index (χ3v) is 4.54. The van der Waals surface area contributed by atoms with Crippen molar-refractivity contribution in [2.24, 2.45) is 0 Å². The summed E-state index contributed by atoms with van der Waals surface area (Å²) in [4.78, 5) is 18.5. The zero-order valence-corrected chi connectivity index (χ0v) is 16.4. The van der Waals surface area contributed by atoms with Gasteiger partial charge in [-0.3, -0.25) is 4.79 Å². The number of benzene rings is 2. The number of rotatable bonds is 8. The van der Waals surface area contributed by atoms with E-state index >= 15 is 0 Å². The number of carbonyl (C=O) groups excluding carboxylic acids is 1. The Labute approximate surface area is 165 Å². The van der Waals surface area contributed by atoms with Crippen LogP contribution in [0.3, 0.4) is 0 Å². The third kappa shape index (κ3) is 4.88. The second-order valence-corrected chi connectivity index (χ2v) is 6.51. The molecule has 5 heteroatoms. The number of hydrogen-bond donors (Lipinski definition) is 0. The van der Waals surface area contributed by atoms with Gasteiger partial charge in [0.05, 0.1) is 14.2 Å². The maximum Gasteiger partial charge on any atom is 0.159 e. The molecule has 0 amide bonds. The monoisotopic (exact) mass is 376 g/mol. The first kappa shape index (κ1) is 19.4. The second kappa shape index (κ2) is 9.04. The first-order valence-corrected chi connectivity index (χ1v) is 9.07. The van der Waals surface area contributed by atoms with E-state index in [0.717, 1.165) is 28.4 Å². The maximum atomic E-state index is 11.8. The molecule has 0 saturated heterocycles. The minimum Gasteiger partial charge on any atom is -0.497 e. The Morgan fingerprint density at radius 2 is 1.36 bits per heavy atom. The van der Waals surface area contributed by atoms with E-state index < -0.39 is 0 Å². The average Bonchev–Trinajstić information content (AvgIpc) is 2.74. The van der Waals surface area contributed by atoms with Crippen molar-refractivity contribution in [3.8, 4) is 11.5 Å². The van der Waals surface area contributed by atoms with Gasteiger partial charge >= 0.3 is 0 Å². The average molecular weight is 376 g/mol. The van der Waals surface area contributed by atoms with Gasteiger partial charge in [-0.05, 0) is 54.4 Å². The quantitative estimate of drug-likeness (QED) is 0.542. The number of anilines is 1. The predicted molar refractivity (Wildman–Crippen MR) is 110 cm³/mol. The van der Waals surface area contributed by atoms with Crippen LogP contribution in [0, 0.1) is 0 Å². The Balaban J connectivity index is 1.89. The maximum absolute atomic E-state index is 11.8. The lowest BCUT2D eigenvalue weighted by Gasteiger charge is -2.24. The first-order valence-electron chi connectivity index (χ1n) is 9.07. The molecule has 1 aromatic heterocycles. The number of aromatic nitrogens is 1. The summed E-state index contributed by atoms with van der Waals surface area (Å²) in [5.74, 6) is 2.43. The predicted octanol–water partition coefficient (Wildman–Crippen LogP) is 4.51. The van der Waals surface area contributed by atoms with Crippen LogP contribution in [0.2, 0.25) is 0 Å². The lowest BCUT2D eigenvalue weighted by atomic mass is 10.1. The van der Waals surface area contributed by atoms with Crippen molar-refractivity contribution in [1.29, 1.82) is 0 Å². The minimum atomic E-state index is 0.0255. The molecule has 1 heterocycles. The number of Topliss-reactive ketones (excluding diaryl/α,β-unsaturated/α-hetero) is 1. The Hall–Kier alpha value is -3.34. The van der Waals surface area contributed by atoms with Crippen molar-refractivity contribution >= 4 is 11.6 Å². The molecule has 0 aliphatic heterocycles. The van der Waals surface area contributed by atoms with Crippen LogP contribution in [0.1, 0.15) is 28.4 Å². The zero-order valence-electron chi connectivity index (χ0n) is 16.4. The standard InChI is InChI=1S/C23H24N2O3/c1-17(26)20-12-13-24-23(14-20)25(15-18-4-8-21(27-2)9-5-18)16-19-6-10-22(28-3)11-7-19/h4-14H,15-16H2,1-3H3. The molecule has 0 fully saturated rings. The molecule has 0 atom stereocenters. The van der Waals surface area contributed by atoms with E-state index in [1.807, 2.05) is 54.6 Å². The molecule has 0 spiro atoms. The summed E-state index contributed by atoms with van der Waals surface area (Å²) < 4.78 is 10.5. The highest BCUT2D eigenvalue weighted by molar-refractivity contribution is 5.94. The molecule has 144 valence electrons. The molecule has 28 heavy (non-hydrogen) atoms. The Kier molecular flexibility index (Phi) is 6.27. The molecule has 3 aromatic rings. The summed E-state index contributed by atoms with van der Waals surface area (Å²) in [7, 11) is 3.31. The van der Waals surface area contributed by atoms with Crippen LogP contribution < -0.4 is 14.4 Å². The smallest absolute Gasteiger partial charge is 0.159 e. The number of pyridine rings is 1. The summed E-state index contributed by atoms with van der Waals surface area (Å²) in [6.07, 6.45) is 1.68. The van der Waals surface area contributed by atoms with Gasteiger partial charge in [0, 0.05) is 24.8 Å². The van der Waals surface area contributed by atoms with Crippen LogP contribution in [-0.2, 0) is 13.1 Å². The molecule has 0 aliphatic rings. The molecule has 2 aromatic carbocycles. The van der Waals surface area contributed by atoms with Crippen LogP contribution in [0.25, 0.3) is 0 Å². The number of nitrogens with zero attached hydrogens (tertiary/aromatic N) is 2. The van der Waals surface area contributed by atoms with Crippen LogP contribution in [0.5, 0.6) is 11.5 Å². The Bertz CT molecular complexity index is 872. The van der Waals surface area contributed by atoms with E-state index in [0.29, 0.717) is 18.7 Å². The lowest BCUT2D eigenvalue weighted by molar-refractivity contribution is 0.101. The summed E-state index contributed by atoms with van der Waals surface area (Å²) in [6.45, 7) is 2.88. The second-order valence-electron chi connectivity index (χ2n) is 6.51. The molecule has 0 saturated carbocycles. The van der Waals surface area contributed by atoms with Gasteiger partial charge in [0.1, 0.15) is 17.3 Å². The molecular weight excluding hydrogens is 352 g/mol. The van der Waals surface area contributed by atoms with Crippen molar-refractivity contribution in [3.63, 3.8) is 0 Å². The minimum absolute atomic E-state index is 0.0255. The highest BCUT2D eigenvalue weighted by Crippen LogP contribution is 2.22. The number of ether oxygens (including phenoxy) is 2. The van der Waals surface area contributed by atoms with Crippen molar-refractivity contribution in [1.82, 2.24) is 4.98 Å². The summed E-state index contributed by atoms with van der Waals surface area (Å²) >= 11 is 0. The topological polar surface area (TPSA) is 51.7 Å².